The summed E-state index contributed by atoms with van der Waals surface area (Å²) >= 11 is 6.07. The molecule has 1 aliphatic carbocycles. The fraction of sp³-hybridized carbons (Fsp3) is 0.294. The Balaban J connectivity index is 1.75. The van der Waals surface area contributed by atoms with E-state index in [9.17, 15) is 4.79 Å². The van der Waals surface area contributed by atoms with Crippen molar-refractivity contribution < 1.29 is 4.79 Å². The minimum Gasteiger partial charge on any atom is -0.350 e. The topological polar surface area (TPSA) is 42.0 Å². The first kappa shape index (κ1) is 14.1. The molecule has 108 valence electrons. The molecule has 0 spiro atoms. The van der Waals surface area contributed by atoms with Crippen LogP contribution in [0.3, 0.4) is 0 Å². The largest absolute Gasteiger partial charge is 0.350 e. The van der Waals surface area contributed by atoms with Crippen LogP contribution in [0.2, 0.25) is 5.02 Å². The summed E-state index contributed by atoms with van der Waals surface area (Å²) < 4.78 is 0. The second-order valence-electron chi connectivity index (χ2n) is 5.45. The van der Waals surface area contributed by atoms with Gasteiger partial charge in [-0.15, -0.1) is 0 Å². The smallest absolute Gasteiger partial charge is 0.230 e. The third kappa shape index (κ3) is 2.79. The van der Waals surface area contributed by atoms with Crippen molar-refractivity contribution in [3.8, 4) is 0 Å². The van der Waals surface area contributed by atoms with Crippen LogP contribution in [0.4, 0.5) is 0 Å². The maximum absolute atomic E-state index is 12.7. The van der Waals surface area contributed by atoms with Gasteiger partial charge in [-0.05, 0) is 42.7 Å². The normalized spacial score (nSPS) is 16.0. The second kappa shape index (κ2) is 5.86. The third-order valence-electron chi connectivity index (χ3n) is 4.18. The van der Waals surface area contributed by atoms with Crippen LogP contribution in [0.1, 0.15) is 30.5 Å². The van der Waals surface area contributed by atoms with Crippen LogP contribution in [0.5, 0.6) is 0 Å². The summed E-state index contributed by atoms with van der Waals surface area (Å²) in [6.45, 7) is 0.460. The summed E-state index contributed by atoms with van der Waals surface area (Å²) in [5.41, 5.74) is 1.46. The molecule has 1 aromatic heterocycles. The first-order valence-corrected chi connectivity index (χ1v) is 7.53. The number of halogens is 1. The lowest BCUT2D eigenvalue weighted by Gasteiger charge is -2.40. The van der Waals surface area contributed by atoms with Crippen molar-refractivity contribution in [2.75, 3.05) is 0 Å². The molecular formula is C17H17ClN2O. The Morgan fingerprint density at radius 3 is 2.71 bits per heavy atom. The molecule has 21 heavy (non-hydrogen) atoms. The van der Waals surface area contributed by atoms with E-state index in [1.807, 2.05) is 42.5 Å². The Morgan fingerprint density at radius 1 is 1.24 bits per heavy atom. The molecule has 0 bridgehead atoms. The molecule has 2 aromatic rings. The van der Waals surface area contributed by atoms with Crippen molar-refractivity contribution in [2.45, 2.75) is 31.2 Å². The zero-order valence-electron chi connectivity index (χ0n) is 11.7. The van der Waals surface area contributed by atoms with E-state index in [2.05, 4.69) is 10.3 Å². The lowest BCUT2D eigenvalue weighted by atomic mass is 9.64. The maximum Gasteiger partial charge on any atom is 0.230 e. The molecule has 1 fully saturated rings. The van der Waals surface area contributed by atoms with Gasteiger partial charge in [0.1, 0.15) is 0 Å². The summed E-state index contributed by atoms with van der Waals surface area (Å²) in [5.74, 6) is 0.0710. The number of carbonyl (C=O) groups is 1. The molecule has 1 heterocycles. The zero-order chi connectivity index (χ0) is 14.7. The predicted molar refractivity (Wildman–Crippen MR) is 83.1 cm³/mol. The van der Waals surface area contributed by atoms with Crippen molar-refractivity contribution in [3.63, 3.8) is 0 Å². The first-order chi connectivity index (χ1) is 10.2. The molecule has 1 aromatic carbocycles. The summed E-state index contributed by atoms with van der Waals surface area (Å²) in [7, 11) is 0. The van der Waals surface area contributed by atoms with Gasteiger partial charge in [-0.2, -0.15) is 0 Å². The minimum absolute atomic E-state index is 0.0710. The highest BCUT2D eigenvalue weighted by Crippen LogP contribution is 2.44. The third-order valence-corrected chi connectivity index (χ3v) is 4.41. The molecule has 0 unspecified atom stereocenters. The van der Waals surface area contributed by atoms with Crippen molar-refractivity contribution in [3.05, 3.63) is 64.9 Å². The van der Waals surface area contributed by atoms with E-state index in [4.69, 9.17) is 11.6 Å². The van der Waals surface area contributed by atoms with Gasteiger partial charge in [0.2, 0.25) is 5.91 Å². The highest BCUT2D eigenvalue weighted by Gasteiger charge is 2.45. The molecule has 0 saturated heterocycles. The second-order valence-corrected chi connectivity index (χ2v) is 5.89. The van der Waals surface area contributed by atoms with E-state index in [-0.39, 0.29) is 5.91 Å². The van der Waals surface area contributed by atoms with Crippen LogP contribution in [-0.4, -0.2) is 10.9 Å². The Hall–Kier alpha value is -1.87. The zero-order valence-corrected chi connectivity index (χ0v) is 12.4. The van der Waals surface area contributed by atoms with E-state index < -0.39 is 5.41 Å². The Morgan fingerprint density at radius 2 is 2.10 bits per heavy atom. The van der Waals surface area contributed by atoms with Gasteiger partial charge >= 0.3 is 0 Å². The highest BCUT2D eigenvalue weighted by atomic mass is 35.5. The predicted octanol–water partition coefficient (Wildman–Crippen LogP) is 3.47. The number of aromatic nitrogens is 1. The SMILES string of the molecule is O=C(NCc1ccccn1)C1(c2cccc(Cl)c2)CCC1. The minimum atomic E-state index is -0.417. The number of hydrogen-bond acceptors (Lipinski definition) is 2. The van der Waals surface area contributed by atoms with Gasteiger partial charge in [0.25, 0.3) is 0 Å². The molecular weight excluding hydrogens is 284 g/mol. The molecule has 1 aliphatic rings. The van der Waals surface area contributed by atoms with Gasteiger partial charge in [-0.1, -0.05) is 36.2 Å². The number of amides is 1. The molecule has 3 rings (SSSR count). The number of carbonyl (C=O) groups excluding carboxylic acids is 1. The summed E-state index contributed by atoms with van der Waals surface area (Å²) in [4.78, 5) is 16.9. The molecule has 0 aliphatic heterocycles. The fourth-order valence-electron chi connectivity index (χ4n) is 2.81. The van der Waals surface area contributed by atoms with Crippen LogP contribution in [-0.2, 0) is 16.8 Å². The lowest BCUT2D eigenvalue weighted by Crippen LogP contribution is -2.49. The Bertz CT molecular complexity index is 638. The van der Waals surface area contributed by atoms with Crippen LogP contribution in [0, 0.1) is 0 Å². The summed E-state index contributed by atoms with van der Waals surface area (Å²) in [6.07, 6.45) is 4.56. The summed E-state index contributed by atoms with van der Waals surface area (Å²) in [6, 6.07) is 13.3. The molecule has 0 atom stereocenters. The van der Waals surface area contributed by atoms with Crippen LogP contribution in [0.15, 0.2) is 48.7 Å². The van der Waals surface area contributed by atoms with E-state index in [0.717, 1.165) is 30.5 Å². The average Bonchev–Trinajstić information content (AvgIpc) is 2.45. The quantitative estimate of drug-likeness (QED) is 0.939. The van der Waals surface area contributed by atoms with E-state index in [1.165, 1.54) is 0 Å². The average molecular weight is 301 g/mol. The number of nitrogens with one attached hydrogen (secondary N) is 1. The van der Waals surface area contributed by atoms with Gasteiger partial charge in [0, 0.05) is 11.2 Å². The molecule has 0 radical (unpaired) electrons. The van der Waals surface area contributed by atoms with Gasteiger partial charge in [0.15, 0.2) is 0 Å². The molecule has 1 amide bonds. The van der Waals surface area contributed by atoms with Crippen LogP contribution >= 0.6 is 11.6 Å². The number of pyridine rings is 1. The Kier molecular flexibility index (Phi) is 3.93. The molecule has 3 nitrogen and oxygen atoms in total. The van der Waals surface area contributed by atoms with Gasteiger partial charge in [-0.25, -0.2) is 0 Å². The van der Waals surface area contributed by atoms with E-state index in [0.29, 0.717) is 11.6 Å². The first-order valence-electron chi connectivity index (χ1n) is 7.15. The van der Waals surface area contributed by atoms with E-state index >= 15 is 0 Å². The van der Waals surface area contributed by atoms with E-state index in [1.54, 1.807) is 6.20 Å². The Labute approximate surface area is 129 Å². The number of benzene rings is 1. The number of rotatable bonds is 4. The number of nitrogens with zero attached hydrogens (tertiary/aromatic N) is 1. The molecule has 1 saturated carbocycles. The highest BCUT2D eigenvalue weighted by molar-refractivity contribution is 6.30. The lowest BCUT2D eigenvalue weighted by molar-refractivity contribution is -0.130. The van der Waals surface area contributed by atoms with Crippen molar-refractivity contribution in [1.82, 2.24) is 10.3 Å². The van der Waals surface area contributed by atoms with Crippen LogP contribution in [0.25, 0.3) is 0 Å². The van der Waals surface area contributed by atoms with Crippen molar-refractivity contribution in [1.29, 1.82) is 0 Å². The van der Waals surface area contributed by atoms with Gasteiger partial charge < -0.3 is 5.32 Å². The molecule has 4 heteroatoms. The van der Waals surface area contributed by atoms with Crippen molar-refractivity contribution >= 4 is 17.5 Å². The standard InChI is InChI=1S/C17H17ClN2O/c18-14-6-3-5-13(11-14)17(8-4-9-17)16(21)20-12-15-7-1-2-10-19-15/h1-3,5-7,10-11H,4,8-9,12H2,(H,20,21). The monoisotopic (exact) mass is 300 g/mol. The van der Waals surface area contributed by atoms with Crippen LogP contribution < -0.4 is 5.32 Å². The van der Waals surface area contributed by atoms with Gasteiger partial charge in [-0.3, -0.25) is 9.78 Å². The number of hydrogen-bond donors (Lipinski definition) is 1. The molecule has 1 N–H and O–H groups in total. The summed E-state index contributed by atoms with van der Waals surface area (Å²) in [5, 5.41) is 3.69. The van der Waals surface area contributed by atoms with Gasteiger partial charge in [0.05, 0.1) is 17.7 Å². The fourth-order valence-corrected chi connectivity index (χ4v) is 3.00. The van der Waals surface area contributed by atoms with Crippen molar-refractivity contribution in [2.24, 2.45) is 0 Å². The maximum atomic E-state index is 12.7.